The van der Waals surface area contributed by atoms with Crippen LogP contribution in [0.3, 0.4) is 0 Å². The fourth-order valence-electron chi connectivity index (χ4n) is 1.07. The molecule has 0 aromatic carbocycles. The van der Waals surface area contributed by atoms with E-state index in [1.54, 1.807) is 7.05 Å². The van der Waals surface area contributed by atoms with Crippen LogP contribution in [0.1, 0.15) is 20.3 Å². The van der Waals surface area contributed by atoms with Crippen LogP contribution in [0.25, 0.3) is 0 Å². The summed E-state index contributed by atoms with van der Waals surface area (Å²) >= 11 is 0. The van der Waals surface area contributed by atoms with Crippen LogP contribution in [0.4, 0.5) is 0 Å². The van der Waals surface area contributed by atoms with Crippen molar-refractivity contribution in [3.63, 3.8) is 0 Å². The molecule has 0 fully saturated rings. The third kappa shape index (κ3) is 8.01. The van der Waals surface area contributed by atoms with Crippen molar-refractivity contribution >= 4 is 5.91 Å². The monoisotopic (exact) mass is 201 g/mol. The lowest BCUT2D eigenvalue weighted by Gasteiger charge is -2.17. The van der Waals surface area contributed by atoms with Crippen molar-refractivity contribution in [2.45, 2.75) is 26.3 Å². The maximum Gasteiger partial charge on any atom is 0.221 e. The molecule has 0 aromatic rings. The Morgan fingerprint density at radius 1 is 1.36 bits per heavy atom. The average molecular weight is 201 g/mol. The number of nitrogens with zero attached hydrogens (tertiary/aromatic N) is 1. The molecule has 0 atom stereocenters. The van der Waals surface area contributed by atoms with Gasteiger partial charge in [0.1, 0.15) is 0 Å². The first-order valence-electron chi connectivity index (χ1n) is 5.18. The van der Waals surface area contributed by atoms with E-state index < -0.39 is 0 Å². The second kappa shape index (κ2) is 7.76. The molecule has 4 heteroatoms. The third-order valence-corrected chi connectivity index (χ3v) is 2.05. The van der Waals surface area contributed by atoms with Crippen molar-refractivity contribution in [2.75, 3.05) is 33.7 Å². The van der Waals surface area contributed by atoms with Crippen LogP contribution in [0.5, 0.6) is 0 Å². The highest BCUT2D eigenvalue weighted by Crippen LogP contribution is 1.87. The third-order valence-electron chi connectivity index (χ3n) is 2.05. The van der Waals surface area contributed by atoms with Crippen molar-refractivity contribution in [1.29, 1.82) is 0 Å². The van der Waals surface area contributed by atoms with Gasteiger partial charge < -0.3 is 15.5 Å². The molecule has 2 N–H and O–H groups in total. The lowest BCUT2D eigenvalue weighted by atomic mass is 10.3. The quantitative estimate of drug-likeness (QED) is 0.612. The van der Waals surface area contributed by atoms with E-state index in [1.165, 1.54) is 0 Å². The molecule has 0 aromatic heterocycles. The summed E-state index contributed by atoms with van der Waals surface area (Å²) < 4.78 is 0. The molecular formula is C10H23N3O. The predicted octanol–water partition coefficient (Wildman–Crippen LogP) is 0.0523. The van der Waals surface area contributed by atoms with Crippen LogP contribution < -0.4 is 10.6 Å². The highest BCUT2D eigenvalue weighted by molar-refractivity contribution is 5.75. The van der Waals surface area contributed by atoms with Gasteiger partial charge in [-0.3, -0.25) is 4.79 Å². The second-order valence-corrected chi connectivity index (χ2v) is 3.84. The molecule has 0 rings (SSSR count). The van der Waals surface area contributed by atoms with Crippen LogP contribution in [-0.4, -0.2) is 50.6 Å². The molecule has 0 saturated heterocycles. The van der Waals surface area contributed by atoms with Gasteiger partial charge in [-0.05, 0) is 7.05 Å². The van der Waals surface area contributed by atoms with Gasteiger partial charge in [0.05, 0.1) is 0 Å². The Labute approximate surface area is 87.0 Å². The zero-order chi connectivity index (χ0) is 11.0. The molecule has 1 amide bonds. The summed E-state index contributed by atoms with van der Waals surface area (Å²) in [4.78, 5) is 13.1. The van der Waals surface area contributed by atoms with E-state index in [2.05, 4.69) is 29.4 Å². The number of hydrogen-bond donors (Lipinski definition) is 2. The summed E-state index contributed by atoms with van der Waals surface area (Å²) in [5.41, 5.74) is 0. The second-order valence-electron chi connectivity index (χ2n) is 3.84. The Balaban J connectivity index is 3.36. The van der Waals surface area contributed by atoms with Crippen LogP contribution in [0.2, 0.25) is 0 Å². The fourth-order valence-corrected chi connectivity index (χ4v) is 1.07. The maximum atomic E-state index is 10.9. The van der Waals surface area contributed by atoms with Crippen molar-refractivity contribution in [3.8, 4) is 0 Å². The average Bonchev–Trinajstić information content (AvgIpc) is 2.13. The van der Waals surface area contributed by atoms with E-state index in [0.29, 0.717) is 12.5 Å². The van der Waals surface area contributed by atoms with E-state index in [-0.39, 0.29) is 5.91 Å². The minimum Gasteiger partial charge on any atom is -0.359 e. The van der Waals surface area contributed by atoms with Crippen molar-refractivity contribution in [1.82, 2.24) is 15.5 Å². The molecule has 0 bridgehead atoms. The van der Waals surface area contributed by atoms with E-state index in [1.807, 2.05) is 7.05 Å². The molecule has 0 aliphatic carbocycles. The van der Waals surface area contributed by atoms with E-state index in [9.17, 15) is 4.79 Å². The number of likely N-dealkylation sites (N-methyl/N-ethyl adjacent to an activating group) is 1. The van der Waals surface area contributed by atoms with E-state index in [4.69, 9.17) is 0 Å². The summed E-state index contributed by atoms with van der Waals surface area (Å²) in [5.74, 6) is 0.105. The maximum absolute atomic E-state index is 10.9. The van der Waals surface area contributed by atoms with E-state index in [0.717, 1.165) is 19.6 Å². The number of hydrogen-bond acceptors (Lipinski definition) is 3. The highest BCUT2D eigenvalue weighted by Gasteiger charge is 2.02. The highest BCUT2D eigenvalue weighted by atomic mass is 16.1. The summed E-state index contributed by atoms with van der Waals surface area (Å²) in [5, 5.41) is 5.95. The lowest BCUT2D eigenvalue weighted by molar-refractivity contribution is -0.120. The summed E-state index contributed by atoms with van der Waals surface area (Å²) in [6, 6.07) is 0.530. The molecule has 0 spiro atoms. The number of carbonyl (C=O) groups excluding carboxylic acids is 1. The lowest BCUT2D eigenvalue weighted by Crippen LogP contribution is -2.34. The van der Waals surface area contributed by atoms with Crippen molar-refractivity contribution in [3.05, 3.63) is 0 Å². The molecule has 0 aliphatic heterocycles. The smallest absolute Gasteiger partial charge is 0.221 e. The Morgan fingerprint density at radius 3 is 2.50 bits per heavy atom. The molecule has 14 heavy (non-hydrogen) atoms. The minimum atomic E-state index is 0.105. The Hall–Kier alpha value is -0.610. The van der Waals surface area contributed by atoms with Gasteiger partial charge in [0.2, 0.25) is 5.91 Å². The fraction of sp³-hybridized carbons (Fsp3) is 0.900. The van der Waals surface area contributed by atoms with Gasteiger partial charge in [-0.15, -0.1) is 0 Å². The molecule has 0 aliphatic rings. The molecule has 4 nitrogen and oxygen atoms in total. The standard InChI is InChI=1S/C10H23N3O/c1-9(2)12-6-8-13(4)7-5-10(14)11-3/h9,12H,5-8H2,1-4H3,(H,11,14). The van der Waals surface area contributed by atoms with Gasteiger partial charge in [0.25, 0.3) is 0 Å². The van der Waals surface area contributed by atoms with Gasteiger partial charge in [0, 0.05) is 39.1 Å². The van der Waals surface area contributed by atoms with Crippen LogP contribution in [0.15, 0.2) is 0 Å². The topological polar surface area (TPSA) is 44.4 Å². The number of carbonyl (C=O) groups is 1. The first-order chi connectivity index (χ1) is 6.56. The van der Waals surface area contributed by atoms with Gasteiger partial charge in [0.15, 0.2) is 0 Å². The predicted molar refractivity (Wildman–Crippen MR) is 59.3 cm³/mol. The zero-order valence-electron chi connectivity index (χ0n) is 9.76. The first kappa shape index (κ1) is 13.4. The molecule has 0 saturated carbocycles. The molecular weight excluding hydrogens is 178 g/mol. The van der Waals surface area contributed by atoms with Gasteiger partial charge in [-0.2, -0.15) is 0 Å². The number of amides is 1. The van der Waals surface area contributed by atoms with Crippen LogP contribution in [0, 0.1) is 0 Å². The Morgan fingerprint density at radius 2 is 2.00 bits per heavy atom. The SMILES string of the molecule is CNC(=O)CCN(C)CCNC(C)C. The molecule has 0 radical (unpaired) electrons. The summed E-state index contributed by atoms with van der Waals surface area (Å²) in [6.45, 7) is 7.03. The molecule has 0 heterocycles. The molecule has 0 unspecified atom stereocenters. The van der Waals surface area contributed by atoms with Gasteiger partial charge in [-0.25, -0.2) is 0 Å². The molecule has 84 valence electrons. The van der Waals surface area contributed by atoms with Gasteiger partial charge >= 0.3 is 0 Å². The number of rotatable bonds is 7. The first-order valence-corrected chi connectivity index (χ1v) is 5.18. The Bertz CT molecular complexity index is 159. The van der Waals surface area contributed by atoms with Crippen molar-refractivity contribution in [2.24, 2.45) is 0 Å². The van der Waals surface area contributed by atoms with Crippen molar-refractivity contribution < 1.29 is 4.79 Å². The van der Waals surface area contributed by atoms with E-state index >= 15 is 0 Å². The Kier molecular flexibility index (Phi) is 7.42. The number of nitrogens with one attached hydrogen (secondary N) is 2. The van der Waals surface area contributed by atoms with Gasteiger partial charge in [-0.1, -0.05) is 13.8 Å². The largest absolute Gasteiger partial charge is 0.359 e. The van der Waals surface area contributed by atoms with Crippen LogP contribution in [-0.2, 0) is 4.79 Å². The normalized spacial score (nSPS) is 11.0. The minimum absolute atomic E-state index is 0.105. The summed E-state index contributed by atoms with van der Waals surface area (Å²) in [6.07, 6.45) is 0.578. The summed E-state index contributed by atoms with van der Waals surface area (Å²) in [7, 11) is 3.70. The zero-order valence-corrected chi connectivity index (χ0v) is 9.76. The van der Waals surface area contributed by atoms with Crippen LogP contribution >= 0.6 is 0 Å².